The Bertz CT molecular complexity index is 598. The third-order valence-electron chi connectivity index (χ3n) is 2.84. The minimum atomic E-state index is -3.52. The van der Waals surface area contributed by atoms with Gasteiger partial charge in [-0.1, -0.05) is 35.5 Å². The second-order valence-corrected chi connectivity index (χ2v) is 6.72. The molecule has 0 aliphatic heterocycles. The van der Waals surface area contributed by atoms with Gasteiger partial charge in [0.15, 0.2) is 15.7 Å². The van der Waals surface area contributed by atoms with E-state index < -0.39 is 27.0 Å². The predicted molar refractivity (Wildman–Crippen MR) is 75.0 cm³/mol. The highest BCUT2D eigenvalue weighted by Gasteiger charge is 2.27. The van der Waals surface area contributed by atoms with Crippen molar-refractivity contribution in [1.82, 2.24) is 5.32 Å². The van der Waals surface area contributed by atoms with Crippen molar-refractivity contribution in [3.8, 4) is 0 Å². The normalized spacial score (nSPS) is 15.4. The molecule has 0 aromatic heterocycles. The zero-order valence-electron chi connectivity index (χ0n) is 11.1. The third-order valence-corrected chi connectivity index (χ3v) is 4.34. The van der Waals surface area contributed by atoms with Crippen LogP contribution in [0, 0.1) is 0 Å². The molecule has 1 aromatic rings. The average molecular weight is 299 g/mol. The summed E-state index contributed by atoms with van der Waals surface area (Å²) in [6, 6.07) is 7.67. The fourth-order valence-electron chi connectivity index (χ4n) is 1.49. The minimum absolute atomic E-state index is 0.231. The molecule has 0 heterocycles. The molecule has 0 fully saturated rings. The predicted octanol–water partition coefficient (Wildman–Crippen LogP) is 0.0234. The fraction of sp³-hybridized carbons (Fsp3) is 0.333. The van der Waals surface area contributed by atoms with E-state index in [0.717, 1.165) is 6.26 Å². The monoisotopic (exact) mass is 299 g/mol. The molecule has 0 spiro atoms. The summed E-state index contributed by atoms with van der Waals surface area (Å²) < 4.78 is 22.7. The number of amides is 1. The number of sulfone groups is 1. The first-order valence-electron chi connectivity index (χ1n) is 5.79. The van der Waals surface area contributed by atoms with E-state index in [1.165, 1.54) is 6.92 Å². The summed E-state index contributed by atoms with van der Waals surface area (Å²) in [4.78, 5) is 11.9. The van der Waals surface area contributed by atoms with Gasteiger partial charge in [0, 0.05) is 6.26 Å². The van der Waals surface area contributed by atoms with Crippen LogP contribution in [-0.4, -0.2) is 36.9 Å². The van der Waals surface area contributed by atoms with Gasteiger partial charge in [0.2, 0.25) is 5.91 Å². The number of nitrogens with one attached hydrogen (secondary N) is 1. The minimum Gasteiger partial charge on any atom is -0.409 e. The molecule has 7 nitrogen and oxygen atoms in total. The molecule has 0 radical (unpaired) electrons. The van der Waals surface area contributed by atoms with E-state index in [9.17, 15) is 13.2 Å². The summed E-state index contributed by atoms with van der Waals surface area (Å²) in [5, 5.41) is 12.9. The summed E-state index contributed by atoms with van der Waals surface area (Å²) in [5.74, 6) is -0.946. The number of benzene rings is 1. The van der Waals surface area contributed by atoms with E-state index in [2.05, 4.69) is 10.5 Å². The van der Waals surface area contributed by atoms with Crippen LogP contribution < -0.4 is 11.1 Å². The van der Waals surface area contributed by atoms with Crippen LogP contribution in [0.4, 0.5) is 0 Å². The second-order valence-electron chi connectivity index (χ2n) is 4.35. The number of nitrogens with zero attached hydrogens (tertiary/aromatic N) is 1. The van der Waals surface area contributed by atoms with Gasteiger partial charge in [0.05, 0.1) is 0 Å². The van der Waals surface area contributed by atoms with Gasteiger partial charge < -0.3 is 16.3 Å². The van der Waals surface area contributed by atoms with Crippen molar-refractivity contribution in [3.05, 3.63) is 35.9 Å². The number of nitrogens with two attached hydrogens (primary N) is 1. The quantitative estimate of drug-likeness (QED) is 0.306. The Hall–Kier alpha value is -2.09. The van der Waals surface area contributed by atoms with Gasteiger partial charge in [-0.05, 0) is 12.5 Å². The summed E-state index contributed by atoms with van der Waals surface area (Å²) in [5.41, 5.74) is 6.12. The fourth-order valence-corrected chi connectivity index (χ4v) is 1.94. The molecule has 4 N–H and O–H groups in total. The van der Waals surface area contributed by atoms with Crippen molar-refractivity contribution in [2.75, 3.05) is 6.26 Å². The Morgan fingerprint density at radius 2 is 1.90 bits per heavy atom. The van der Waals surface area contributed by atoms with Crippen LogP contribution in [0.2, 0.25) is 0 Å². The van der Waals surface area contributed by atoms with Gasteiger partial charge in [-0.25, -0.2) is 8.42 Å². The van der Waals surface area contributed by atoms with Crippen LogP contribution in [0.1, 0.15) is 18.5 Å². The highest BCUT2D eigenvalue weighted by atomic mass is 32.2. The molecule has 110 valence electrons. The zero-order chi connectivity index (χ0) is 15.3. The Morgan fingerprint density at radius 1 is 1.35 bits per heavy atom. The Kier molecular flexibility index (Phi) is 5.09. The molecule has 2 unspecified atom stereocenters. The van der Waals surface area contributed by atoms with Crippen molar-refractivity contribution in [3.63, 3.8) is 0 Å². The first-order chi connectivity index (χ1) is 9.27. The van der Waals surface area contributed by atoms with Gasteiger partial charge >= 0.3 is 0 Å². The van der Waals surface area contributed by atoms with Gasteiger partial charge in [-0.15, -0.1) is 0 Å². The number of rotatable bonds is 5. The number of carbonyl (C=O) groups excluding carboxylic acids is 1. The van der Waals surface area contributed by atoms with Gasteiger partial charge in [-0.2, -0.15) is 0 Å². The molecule has 0 aliphatic rings. The number of carbonyl (C=O) groups is 1. The maximum Gasteiger partial charge on any atom is 0.238 e. The van der Waals surface area contributed by atoms with E-state index in [-0.39, 0.29) is 5.84 Å². The van der Waals surface area contributed by atoms with Crippen molar-refractivity contribution < 1.29 is 18.4 Å². The Morgan fingerprint density at radius 3 is 2.35 bits per heavy atom. The van der Waals surface area contributed by atoms with E-state index in [1.807, 2.05) is 0 Å². The first-order valence-corrected chi connectivity index (χ1v) is 7.74. The molecule has 1 amide bonds. The van der Waals surface area contributed by atoms with Gasteiger partial charge in [0.1, 0.15) is 11.3 Å². The van der Waals surface area contributed by atoms with E-state index in [4.69, 9.17) is 10.9 Å². The van der Waals surface area contributed by atoms with Crippen molar-refractivity contribution in [2.45, 2.75) is 18.2 Å². The van der Waals surface area contributed by atoms with Crippen molar-refractivity contribution in [1.29, 1.82) is 0 Å². The third kappa shape index (κ3) is 3.95. The molecule has 2 atom stereocenters. The molecular weight excluding hydrogens is 282 g/mol. The molecule has 1 aromatic carbocycles. The Labute approximate surface area is 117 Å². The smallest absolute Gasteiger partial charge is 0.238 e. The number of amidine groups is 1. The van der Waals surface area contributed by atoms with Crippen LogP contribution >= 0.6 is 0 Å². The molecule has 20 heavy (non-hydrogen) atoms. The lowest BCUT2D eigenvalue weighted by molar-refractivity contribution is -0.120. The topological polar surface area (TPSA) is 122 Å². The van der Waals surface area contributed by atoms with Gasteiger partial charge in [-0.3, -0.25) is 4.79 Å². The van der Waals surface area contributed by atoms with Crippen LogP contribution in [0.15, 0.2) is 35.5 Å². The highest BCUT2D eigenvalue weighted by molar-refractivity contribution is 7.92. The van der Waals surface area contributed by atoms with Crippen LogP contribution in [0.3, 0.4) is 0 Å². The molecule has 0 saturated heterocycles. The van der Waals surface area contributed by atoms with Crippen LogP contribution in [0.25, 0.3) is 0 Å². The second kappa shape index (κ2) is 6.38. The lowest BCUT2D eigenvalue weighted by Gasteiger charge is -2.19. The van der Waals surface area contributed by atoms with Crippen LogP contribution in [-0.2, 0) is 14.6 Å². The molecule has 0 saturated carbocycles. The maximum absolute atomic E-state index is 11.9. The Balaban J connectivity index is 3.02. The van der Waals surface area contributed by atoms with E-state index in [1.54, 1.807) is 30.3 Å². The number of hydrogen-bond acceptors (Lipinski definition) is 5. The summed E-state index contributed by atoms with van der Waals surface area (Å²) >= 11 is 0. The molecular formula is C12H17N3O4S. The van der Waals surface area contributed by atoms with Gasteiger partial charge in [0.25, 0.3) is 0 Å². The van der Waals surface area contributed by atoms with Crippen molar-refractivity contribution in [2.24, 2.45) is 10.9 Å². The zero-order valence-corrected chi connectivity index (χ0v) is 12.0. The van der Waals surface area contributed by atoms with E-state index >= 15 is 0 Å². The summed E-state index contributed by atoms with van der Waals surface area (Å²) in [6.07, 6.45) is 0.970. The SMILES string of the molecule is CC(C(=O)NC(/C(N)=N/O)c1ccccc1)S(C)(=O)=O. The highest BCUT2D eigenvalue weighted by Crippen LogP contribution is 2.13. The van der Waals surface area contributed by atoms with Crippen molar-refractivity contribution >= 4 is 21.6 Å². The molecule has 0 bridgehead atoms. The molecule has 8 heteroatoms. The number of oxime groups is 1. The average Bonchev–Trinajstić information content (AvgIpc) is 2.42. The molecule has 1 rings (SSSR count). The lowest BCUT2D eigenvalue weighted by atomic mass is 10.1. The number of hydrogen-bond donors (Lipinski definition) is 3. The largest absolute Gasteiger partial charge is 0.409 e. The lowest BCUT2D eigenvalue weighted by Crippen LogP contribution is -2.43. The summed E-state index contributed by atoms with van der Waals surface area (Å²) in [7, 11) is -3.52. The maximum atomic E-state index is 11.9. The first kappa shape index (κ1) is 16.0. The molecule has 0 aliphatic carbocycles. The standard InChI is InChI=1S/C12H17N3O4S/c1-8(20(2,18)19)12(16)14-10(11(13)15-17)9-6-4-3-5-7-9/h3-8,10,17H,1-2H3,(H2,13,15)(H,14,16). The van der Waals surface area contributed by atoms with Crippen LogP contribution in [0.5, 0.6) is 0 Å². The summed E-state index contributed by atoms with van der Waals surface area (Å²) in [6.45, 7) is 1.28. The van der Waals surface area contributed by atoms with E-state index in [0.29, 0.717) is 5.56 Å².